The molecule has 1 aromatic carbocycles. The largest absolute Gasteiger partial charge is 0.497 e. The molecule has 0 atom stereocenters. The zero-order chi connectivity index (χ0) is 11.8. The van der Waals surface area contributed by atoms with Crippen molar-refractivity contribution in [1.82, 2.24) is 0 Å². The summed E-state index contributed by atoms with van der Waals surface area (Å²) in [6.07, 6.45) is 2.73. The molecule has 0 heterocycles. The average molecular weight is 242 g/mol. The molecule has 0 unspecified atom stereocenters. The van der Waals surface area contributed by atoms with Gasteiger partial charge < -0.3 is 4.74 Å². The van der Waals surface area contributed by atoms with Gasteiger partial charge in [0.25, 0.3) is 0 Å². The number of hydrogen-bond donors (Lipinski definition) is 0. The second kappa shape index (κ2) is 3.89. The first-order chi connectivity index (χ1) is 7.63. The van der Waals surface area contributed by atoms with Gasteiger partial charge in [-0.2, -0.15) is 4.99 Å². The summed E-state index contributed by atoms with van der Waals surface area (Å²) in [6, 6.07) is 2.91. The van der Waals surface area contributed by atoms with Crippen LogP contribution in [0.25, 0.3) is 0 Å². The molecule has 84 valence electrons. The van der Waals surface area contributed by atoms with Crippen LogP contribution in [0.4, 0.5) is 4.39 Å². The Balaban J connectivity index is 2.55. The van der Waals surface area contributed by atoms with Crippen molar-refractivity contribution in [3.63, 3.8) is 0 Å². The Labute approximate surface area is 96.9 Å². The molecule has 5 heteroatoms. The molecule has 0 N–H and O–H groups in total. The van der Waals surface area contributed by atoms with Crippen molar-refractivity contribution in [3.8, 4) is 5.75 Å². The fourth-order valence-corrected chi connectivity index (χ4v) is 1.88. The predicted octanol–water partition coefficient (Wildman–Crippen LogP) is 2.81. The van der Waals surface area contributed by atoms with Crippen molar-refractivity contribution in [2.75, 3.05) is 7.11 Å². The molecular formula is C11H9ClFNO2. The maximum atomic E-state index is 13.8. The van der Waals surface area contributed by atoms with Gasteiger partial charge in [0, 0.05) is 11.6 Å². The van der Waals surface area contributed by atoms with Crippen LogP contribution >= 0.6 is 11.6 Å². The molecule has 0 radical (unpaired) electrons. The van der Waals surface area contributed by atoms with Crippen LogP contribution in [-0.4, -0.2) is 13.2 Å². The SMILES string of the molecule is COc1cc(Cl)c(F)c(C2(N=C=O)CC2)c1. The van der Waals surface area contributed by atoms with Gasteiger partial charge in [0.05, 0.1) is 12.1 Å². The summed E-state index contributed by atoms with van der Waals surface area (Å²) < 4.78 is 18.8. The fourth-order valence-electron chi connectivity index (χ4n) is 1.67. The number of methoxy groups -OCH3 is 1. The monoisotopic (exact) mass is 241 g/mol. The summed E-state index contributed by atoms with van der Waals surface area (Å²) in [5.74, 6) is -0.0901. The normalized spacial score (nSPS) is 16.4. The van der Waals surface area contributed by atoms with Gasteiger partial charge in [-0.05, 0) is 18.9 Å². The molecule has 0 aliphatic heterocycles. The first kappa shape index (κ1) is 11.1. The number of isocyanates is 1. The Morgan fingerprint density at radius 2 is 2.25 bits per heavy atom. The maximum Gasteiger partial charge on any atom is 0.235 e. The number of carbonyl (C=O) groups excluding carboxylic acids is 1. The standard InChI is InChI=1S/C11H9ClFNO2/c1-16-7-4-8(10(13)9(12)5-7)11(2-3-11)14-6-15/h4-5H,2-3H2,1H3. The first-order valence-corrected chi connectivity index (χ1v) is 5.13. The first-order valence-electron chi connectivity index (χ1n) is 4.75. The number of ether oxygens (including phenoxy) is 1. The lowest BCUT2D eigenvalue weighted by Gasteiger charge is -2.12. The van der Waals surface area contributed by atoms with E-state index in [1.165, 1.54) is 25.3 Å². The molecule has 1 aliphatic rings. The van der Waals surface area contributed by atoms with Crippen LogP contribution in [0.3, 0.4) is 0 Å². The molecule has 1 aromatic rings. The molecule has 2 rings (SSSR count). The van der Waals surface area contributed by atoms with E-state index in [0.717, 1.165) is 0 Å². The van der Waals surface area contributed by atoms with Crippen LogP contribution in [0.1, 0.15) is 18.4 Å². The molecule has 1 saturated carbocycles. The zero-order valence-corrected chi connectivity index (χ0v) is 9.34. The topological polar surface area (TPSA) is 38.7 Å². The summed E-state index contributed by atoms with van der Waals surface area (Å²) in [5, 5.41) is -0.0262. The van der Waals surface area contributed by atoms with Gasteiger partial charge in [0.15, 0.2) is 0 Å². The van der Waals surface area contributed by atoms with Gasteiger partial charge in [-0.25, -0.2) is 9.18 Å². The van der Waals surface area contributed by atoms with E-state index >= 15 is 0 Å². The number of aliphatic imine (C=N–C) groups is 1. The minimum absolute atomic E-state index is 0.0262. The van der Waals surface area contributed by atoms with Gasteiger partial charge in [0.2, 0.25) is 6.08 Å². The Morgan fingerprint density at radius 3 is 2.75 bits per heavy atom. The van der Waals surface area contributed by atoms with E-state index < -0.39 is 11.4 Å². The number of nitrogens with zero attached hydrogens (tertiary/aromatic N) is 1. The third-order valence-electron chi connectivity index (χ3n) is 2.72. The Hall–Kier alpha value is -1.38. The van der Waals surface area contributed by atoms with Gasteiger partial charge in [-0.15, -0.1) is 0 Å². The second-order valence-corrected chi connectivity index (χ2v) is 4.11. The number of benzene rings is 1. The van der Waals surface area contributed by atoms with E-state index in [-0.39, 0.29) is 5.02 Å². The van der Waals surface area contributed by atoms with Crippen molar-refractivity contribution in [3.05, 3.63) is 28.5 Å². The van der Waals surface area contributed by atoms with Crippen LogP contribution in [0, 0.1) is 5.82 Å². The van der Waals surface area contributed by atoms with E-state index in [2.05, 4.69) is 4.99 Å². The summed E-state index contributed by atoms with van der Waals surface area (Å²) in [4.78, 5) is 14.0. The molecule has 0 spiro atoms. The van der Waals surface area contributed by atoms with Crippen molar-refractivity contribution in [2.45, 2.75) is 18.4 Å². The average Bonchev–Trinajstić information content (AvgIpc) is 3.03. The summed E-state index contributed by atoms with van der Waals surface area (Å²) in [6.45, 7) is 0. The van der Waals surface area contributed by atoms with Crippen LogP contribution < -0.4 is 4.74 Å². The van der Waals surface area contributed by atoms with Gasteiger partial charge in [0.1, 0.15) is 17.1 Å². The highest BCUT2D eigenvalue weighted by Crippen LogP contribution is 2.51. The van der Waals surface area contributed by atoms with Crippen LogP contribution in [0.5, 0.6) is 5.75 Å². The summed E-state index contributed by atoms with van der Waals surface area (Å²) >= 11 is 5.74. The lowest BCUT2D eigenvalue weighted by molar-refractivity contribution is 0.411. The molecule has 0 amide bonds. The molecular weight excluding hydrogens is 233 g/mol. The van der Waals surface area contributed by atoms with E-state index in [4.69, 9.17) is 16.3 Å². The highest BCUT2D eigenvalue weighted by molar-refractivity contribution is 6.31. The third kappa shape index (κ3) is 1.70. The van der Waals surface area contributed by atoms with Crippen molar-refractivity contribution in [1.29, 1.82) is 0 Å². The summed E-state index contributed by atoms with van der Waals surface area (Å²) in [7, 11) is 1.47. The molecule has 0 saturated heterocycles. The number of hydrogen-bond acceptors (Lipinski definition) is 3. The molecule has 3 nitrogen and oxygen atoms in total. The molecule has 16 heavy (non-hydrogen) atoms. The Kier molecular flexibility index (Phi) is 2.70. The van der Waals surface area contributed by atoms with E-state index in [1.54, 1.807) is 0 Å². The van der Waals surface area contributed by atoms with Crippen molar-refractivity contribution in [2.24, 2.45) is 4.99 Å². The zero-order valence-electron chi connectivity index (χ0n) is 8.59. The predicted molar refractivity (Wildman–Crippen MR) is 57.0 cm³/mol. The Morgan fingerprint density at radius 1 is 1.56 bits per heavy atom. The number of halogens is 2. The quantitative estimate of drug-likeness (QED) is 0.603. The van der Waals surface area contributed by atoms with Crippen LogP contribution in [0.15, 0.2) is 17.1 Å². The van der Waals surface area contributed by atoms with Crippen molar-refractivity contribution >= 4 is 17.7 Å². The lowest BCUT2D eigenvalue weighted by Crippen LogP contribution is -2.06. The van der Waals surface area contributed by atoms with E-state index in [9.17, 15) is 9.18 Å². The minimum Gasteiger partial charge on any atom is -0.497 e. The van der Waals surface area contributed by atoms with Gasteiger partial charge in [-0.1, -0.05) is 11.6 Å². The molecule has 1 aliphatic carbocycles. The highest BCUT2D eigenvalue weighted by atomic mass is 35.5. The second-order valence-electron chi connectivity index (χ2n) is 3.71. The smallest absolute Gasteiger partial charge is 0.235 e. The van der Waals surface area contributed by atoms with Crippen LogP contribution in [-0.2, 0) is 10.3 Å². The van der Waals surface area contributed by atoms with Crippen molar-refractivity contribution < 1.29 is 13.9 Å². The summed E-state index contributed by atoms with van der Waals surface area (Å²) in [5.41, 5.74) is -0.468. The van der Waals surface area contributed by atoms with E-state index in [0.29, 0.717) is 24.2 Å². The molecule has 1 fully saturated rings. The van der Waals surface area contributed by atoms with Gasteiger partial charge in [-0.3, -0.25) is 0 Å². The Bertz CT molecular complexity index is 479. The molecule has 0 aromatic heterocycles. The highest BCUT2D eigenvalue weighted by Gasteiger charge is 2.47. The van der Waals surface area contributed by atoms with E-state index in [1.807, 2.05) is 0 Å². The van der Waals surface area contributed by atoms with Crippen LogP contribution in [0.2, 0.25) is 5.02 Å². The molecule has 0 bridgehead atoms. The lowest BCUT2D eigenvalue weighted by atomic mass is 10.0. The minimum atomic E-state index is -0.774. The third-order valence-corrected chi connectivity index (χ3v) is 3.00. The maximum absolute atomic E-state index is 13.8. The van der Waals surface area contributed by atoms with Gasteiger partial charge >= 0.3 is 0 Å². The number of rotatable bonds is 3. The fraction of sp³-hybridized carbons (Fsp3) is 0.364.